The molecule has 2 nitrogen and oxygen atoms in total. The molecule has 122 valence electrons. The summed E-state index contributed by atoms with van der Waals surface area (Å²) < 4.78 is 0.668. The highest BCUT2D eigenvalue weighted by Gasteiger charge is 2.43. The molecule has 1 aliphatic rings. The van der Waals surface area contributed by atoms with Crippen molar-refractivity contribution in [1.82, 2.24) is 0 Å². The molecule has 23 heavy (non-hydrogen) atoms. The summed E-state index contributed by atoms with van der Waals surface area (Å²) in [5.41, 5.74) is 4.13. The minimum atomic E-state index is -1.37. The summed E-state index contributed by atoms with van der Waals surface area (Å²) in [6.07, 6.45) is 7.06. The van der Waals surface area contributed by atoms with Crippen molar-refractivity contribution in [2.24, 2.45) is 0 Å². The molecule has 0 amide bonds. The molecule has 0 aliphatic heterocycles. The van der Waals surface area contributed by atoms with Crippen LogP contribution in [-0.2, 0) is 5.41 Å². The van der Waals surface area contributed by atoms with Crippen molar-refractivity contribution in [2.75, 3.05) is 0 Å². The second-order valence-electron chi connectivity index (χ2n) is 6.60. The van der Waals surface area contributed by atoms with Crippen LogP contribution in [0.15, 0.2) is 30.3 Å². The predicted molar refractivity (Wildman–Crippen MR) is 99.4 cm³/mol. The quantitative estimate of drug-likeness (QED) is 0.752. The van der Waals surface area contributed by atoms with Gasteiger partial charge in [-0.1, -0.05) is 63.8 Å². The topological polar surface area (TPSA) is 40.5 Å². The van der Waals surface area contributed by atoms with Crippen LogP contribution in [0.5, 0.6) is 0 Å². The summed E-state index contributed by atoms with van der Waals surface area (Å²) in [6, 6.07) is 10.8. The zero-order valence-electron chi connectivity index (χ0n) is 14.0. The maximum Gasteiger partial charge on any atom is 0.499 e. The van der Waals surface area contributed by atoms with E-state index in [-0.39, 0.29) is 5.41 Å². The molecular weight excluding hydrogens is 303 g/mol. The summed E-state index contributed by atoms with van der Waals surface area (Å²) in [7, 11) is -1.37. The standard InChI is InChI=1S/C19H25BO2S/c1-3-5-11-19(12-6-4-2)15-10-8-7-9-14(15)18-16(19)13-17(23-18)20(21)22/h7-10,13,21-22H,3-6,11-12H2,1-2H3. The Morgan fingerprint density at radius 3 is 2.26 bits per heavy atom. The van der Waals surface area contributed by atoms with Gasteiger partial charge in [-0.2, -0.15) is 0 Å². The van der Waals surface area contributed by atoms with E-state index in [2.05, 4.69) is 44.2 Å². The molecule has 0 spiro atoms. The van der Waals surface area contributed by atoms with Crippen molar-refractivity contribution in [2.45, 2.75) is 57.8 Å². The Morgan fingerprint density at radius 2 is 1.65 bits per heavy atom. The Morgan fingerprint density at radius 1 is 1.00 bits per heavy atom. The smallest absolute Gasteiger partial charge is 0.423 e. The fourth-order valence-electron chi connectivity index (χ4n) is 3.96. The molecule has 3 rings (SSSR count). The average molecular weight is 328 g/mol. The number of rotatable bonds is 7. The van der Waals surface area contributed by atoms with Gasteiger partial charge >= 0.3 is 7.12 Å². The molecular formula is C19H25BO2S. The van der Waals surface area contributed by atoms with E-state index in [1.165, 1.54) is 47.3 Å². The SMILES string of the molecule is CCCCC1(CCCC)c2ccccc2-c2sc(B(O)O)cc21. The highest BCUT2D eigenvalue weighted by Crippen LogP contribution is 2.55. The predicted octanol–water partition coefficient (Wildman–Crippen LogP) is 4.07. The first-order chi connectivity index (χ1) is 11.1. The summed E-state index contributed by atoms with van der Waals surface area (Å²) in [6.45, 7) is 4.48. The molecule has 2 aromatic rings. The monoisotopic (exact) mass is 328 g/mol. The molecule has 0 fully saturated rings. The zero-order valence-corrected chi connectivity index (χ0v) is 14.8. The van der Waals surface area contributed by atoms with Crippen LogP contribution in [0.3, 0.4) is 0 Å². The van der Waals surface area contributed by atoms with Gasteiger partial charge in [0.2, 0.25) is 0 Å². The van der Waals surface area contributed by atoms with Crippen LogP contribution < -0.4 is 4.78 Å². The Balaban J connectivity index is 2.16. The maximum absolute atomic E-state index is 9.62. The lowest BCUT2D eigenvalue weighted by atomic mass is 9.70. The van der Waals surface area contributed by atoms with E-state index in [9.17, 15) is 10.0 Å². The van der Waals surface area contributed by atoms with Gasteiger partial charge in [-0.05, 0) is 35.6 Å². The summed E-state index contributed by atoms with van der Waals surface area (Å²) in [5.74, 6) is 0. The van der Waals surface area contributed by atoms with Gasteiger partial charge in [-0.3, -0.25) is 0 Å². The Hall–Kier alpha value is -1.10. The van der Waals surface area contributed by atoms with Gasteiger partial charge in [0.1, 0.15) is 0 Å². The van der Waals surface area contributed by atoms with Gasteiger partial charge in [0.05, 0.1) is 0 Å². The number of unbranched alkanes of at least 4 members (excludes halogenated alkanes) is 2. The van der Waals surface area contributed by atoms with E-state index < -0.39 is 7.12 Å². The van der Waals surface area contributed by atoms with Crippen LogP contribution in [0, 0.1) is 0 Å². The normalized spacial score (nSPS) is 14.6. The molecule has 2 N–H and O–H groups in total. The molecule has 0 radical (unpaired) electrons. The third-order valence-corrected chi connectivity index (χ3v) is 6.33. The van der Waals surface area contributed by atoms with Crippen LogP contribution in [0.25, 0.3) is 10.4 Å². The van der Waals surface area contributed by atoms with E-state index in [0.29, 0.717) is 4.78 Å². The Kier molecular flexibility index (Phi) is 4.95. The molecule has 0 saturated heterocycles. The summed E-state index contributed by atoms with van der Waals surface area (Å²) >= 11 is 1.54. The van der Waals surface area contributed by atoms with Gasteiger partial charge < -0.3 is 10.0 Å². The second-order valence-corrected chi connectivity index (χ2v) is 7.68. The summed E-state index contributed by atoms with van der Waals surface area (Å²) in [4.78, 5) is 1.25. The Bertz CT molecular complexity index is 670. The van der Waals surface area contributed by atoms with Gasteiger partial charge in [0.15, 0.2) is 0 Å². The number of hydrogen-bond donors (Lipinski definition) is 2. The molecule has 0 unspecified atom stereocenters. The zero-order chi connectivity index (χ0) is 16.4. The number of thiophene rings is 1. The molecule has 1 heterocycles. The molecule has 0 atom stereocenters. The maximum atomic E-state index is 9.62. The second kappa shape index (κ2) is 6.80. The molecule has 0 bridgehead atoms. The van der Waals surface area contributed by atoms with Crippen molar-refractivity contribution in [3.05, 3.63) is 41.5 Å². The van der Waals surface area contributed by atoms with E-state index in [0.717, 1.165) is 12.8 Å². The van der Waals surface area contributed by atoms with Crippen LogP contribution in [0.4, 0.5) is 0 Å². The molecule has 0 saturated carbocycles. The number of benzene rings is 1. The first-order valence-electron chi connectivity index (χ1n) is 8.74. The first-order valence-corrected chi connectivity index (χ1v) is 9.56. The molecule has 1 aromatic carbocycles. The number of fused-ring (bicyclic) bond motifs is 3. The van der Waals surface area contributed by atoms with Crippen molar-refractivity contribution >= 4 is 23.2 Å². The van der Waals surface area contributed by atoms with E-state index in [4.69, 9.17) is 0 Å². The van der Waals surface area contributed by atoms with Crippen LogP contribution in [0.1, 0.15) is 63.5 Å². The van der Waals surface area contributed by atoms with Crippen molar-refractivity contribution in [3.63, 3.8) is 0 Å². The van der Waals surface area contributed by atoms with Gasteiger partial charge in [-0.15, -0.1) is 11.3 Å². The lowest BCUT2D eigenvalue weighted by Crippen LogP contribution is -2.29. The van der Waals surface area contributed by atoms with E-state index >= 15 is 0 Å². The molecule has 4 heteroatoms. The van der Waals surface area contributed by atoms with Crippen molar-refractivity contribution in [1.29, 1.82) is 0 Å². The average Bonchev–Trinajstić information content (AvgIpc) is 3.10. The lowest BCUT2D eigenvalue weighted by molar-refractivity contribution is 0.414. The molecule has 1 aliphatic carbocycles. The fourth-order valence-corrected chi connectivity index (χ4v) is 5.13. The van der Waals surface area contributed by atoms with Crippen molar-refractivity contribution in [3.8, 4) is 10.4 Å². The number of hydrogen-bond acceptors (Lipinski definition) is 3. The third-order valence-electron chi connectivity index (χ3n) is 5.12. The van der Waals surface area contributed by atoms with Gasteiger partial charge in [-0.25, -0.2) is 0 Å². The van der Waals surface area contributed by atoms with Gasteiger partial charge in [0.25, 0.3) is 0 Å². The molecule has 1 aromatic heterocycles. The third kappa shape index (κ3) is 2.77. The lowest BCUT2D eigenvalue weighted by Gasteiger charge is -2.32. The largest absolute Gasteiger partial charge is 0.499 e. The Labute approximate surface area is 143 Å². The van der Waals surface area contributed by atoms with Gasteiger partial charge in [0, 0.05) is 15.1 Å². The fraction of sp³-hybridized carbons (Fsp3) is 0.474. The first kappa shape index (κ1) is 16.8. The van der Waals surface area contributed by atoms with Crippen molar-refractivity contribution < 1.29 is 10.0 Å². The highest BCUT2D eigenvalue weighted by molar-refractivity contribution is 7.25. The summed E-state index contributed by atoms with van der Waals surface area (Å²) in [5, 5.41) is 19.2. The van der Waals surface area contributed by atoms with E-state index in [1.54, 1.807) is 11.3 Å². The van der Waals surface area contributed by atoms with Crippen LogP contribution >= 0.6 is 11.3 Å². The van der Waals surface area contributed by atoms with E-state index in [1.807, 2.05) is 0 Å². The van der Waals surface area contributed by atoms with Crippen LogP contribution in [0.2, 0.25) is 0 Å². The highest BCUT2D eigenvalue weighted by atomic mass is 32.1. The minimum absolute atomic E-state index is 0.0571. The van der Waals surface area contributed by atoms with Crippen LogP contribution in [-0.4, -0.2) is 17.2 Å². The minimum Gasteiger partial charge on any atom is -0.423 e.